The van der Waals surface area contributed by atoms with Crippen LogP contribution in [-0.2, 0) is 16.2 Å². The minimum Gasteiger partial charge on any atom is -0.388 e. The number of aliphatic hydroxyl groups is 3. The summed E-state index contributed by atoms with van der Waals surface area (Å²) >= 11 is 2.21. The maximum atomic E-state index is 9.79. The van der Waals surface area contributed by atoms with E-state index in [0.717, 1.165) is 9.13 Å². The predicted octanol–water partition coefficient (Wildman–Crippen LogP) is 0.140. The van der Waals surface area contributed by atoms with E-state index >= 15 is 0 Å². The standard InChI is InChI=1S/C13H18INO5/c1-7-10(16)11(17)12(18)13(20-7)15-19-6-8-3-2-4-9(14)5-8/h2-5,7,10-13,15-18H,6H2,1H3/t7-,10+,11+,12-,13-/m0/s1. The van der Waals surface area contributed by atoms with Crippen LogP contribution in [0.3, 0.4) is 0 Å². The van der Waals surface area contributed by atoms with Crippen molar-refractivity contribution in [3.8, 4) is 0 Å². The number of nitrogens with one attached hydrogen (secondary N) is 1. The van der Waals surface area contributed by atoms with Crippen molar-refractivity contribution in [1.29, 1.82) is 0 Å². The monoisotopic (exact) mass is 395 g/mol. The zero-order valence-electron chi connectivity index (χ0n) is 10.9. The van der Waals surface area contributed by atoms with Crippen LogP contribution >= 0.6 is 22.6 Å². The molecule has 112 valence electrons. The topological polar surface area (TPSA) is 91.2 Å². The highest BCUT2D eigenvalue weighted by molar-refractivity contribution is 14.1. The molecule has 20 heavy (non-hydrogen) atoms. The minimum atomic E-state index is -1.27. The molecule has 0 aromatic heterocycles. The lowest BCUT2D eigenvalue weighted by molar-refractivity contribution is -0.253. The van der Waals surface area contributed by atoms with E-state index in [0.29, 0.717) is 6.61 Å². The molecular formula is C13H18INO5. The van der Waals surface area contributed by atoms with Crippen molar-refractivity contribution in [2.45, 2.75) is 44.2 Å². The molecule has 5 atom stereocenters. The highest BCUT2D eigenvalue weighted by Crippen LogP contribution is 2.19. The molecule has 2 rings (SSSR count). The summed E-state index contributed by atoms with van der Waals surface area (Å²) in [6, 6.07) is 7.80. The molecule has 4 N–H and O–H groups in total. The molecule has 6 nitrogen and oxygen atoms in total. The quantitative estimate of drug-likeness (QED) is 0.429. The largest absolute Gasteiger partial charge is 0.388 e. The van der Waals surface area contributed by atoms with Crippen LogP contribution in [0, 0.1) is 3.57 Å². The molecule has 1 fully saturated rings. The molecule has 1 aromatic carbocycles. The second kappa shape index (κ2) is 7.12. The molecule has 1 heterocycles. The molecule has 0 amide bonds. The summed E-state index contributed by atoms with van der Waals surface area (Å²) in [5.41, 5.74) is 3.55. The number of hydrogen-bond acceptors (Lipinski definition) is 6. The van der Waals surface area contributed by atoms with Crippen LogP contribution in [-0.4, -0.2) is 46.0 Å². The molecule has 0 aliphatic carbocycles. The lowest BCUT2D eigenvalue weighted by atomic mass is 9.99. The van der Waals surface area contributed by atoms with Gasteiger partial charge in [-0.15, -0.1) is 0 Å². The van der Waals surface area contributed by atoms with Gasteiger partial charge < -0.3 is 20.1 Å². The number of ether oxygens (including phenoxy) is 1. The van der Waals surface area contributed by atoms with E-state index in [1.165, 1.54) is 0 Å². The Bertz CT molecular complexity index is 447. The van der Waals surface area contributed by atoms with Crippen LogP contribution < -0.4 is 5.48 Å². The number of halogens is 1. The smallest absolute Gasteiger partial charge is 0.159 e. The molecular weight excluding hydrogens is 377 g/mol. The summed E-state index contributed by atoms with van der Waals surface area (Å²) in [4.78, 5) is 5.29. The Balaban J connectivity index is 1.84. The van der Waals surface area contributed by atoms with E-state index in [1.54, 1.807) is 6.92 Å². The van der Waals surface area contributed by atoms with E-state index in [4.69, 9.17) is 9.57 Å². The number of hydrogen-bond donors (Lipinski definition) is 4. The Kier molecular flexibility index (Phi) is 5.73. The SMILES string of the molecule is C[C@@H]1O[C@H](NOCc2cccc(I)c2)[C@@H](O)[C@H](O)[C@@H]1O. The van der Waals surface area contributed by atoms with Crippen molar-refractivity contribution >= 4 is 22.6 Å². The van der Waals surface area contributed by atoms with Gasteiger partial charge in [0, 0.05) is 3.57 Å². The second-order valence-electron chi connectivity index (χ2n) is 4.77. The van der Waals surface area contributed by atoms with Gasteiger partial charge in [0.05, 0.1) is 12.7 Å². The number of rotatable bonds is 4. The molecule has 0 unspecified atom stereocenters. The van der Waals surface area contributed by atoms with Crippen molar-refractivity contribution in [1.82, 2.24) is 5.48 Å². The Labute approximate surface area is 130 Å². The third-order valence-electron chi connectivity index (χ3n) is 3.18. The van der Waals surface area contributed by atoms with E-state index in [9.17, 15) is 15.3 Å². The summed E-state index contributed by atoms with van der Waals surface area (Å²) < 4.78 is 6.45. The Morgan fingerprint density at radius 2 is 2.00 bits per heavy atom. The second-order valence-corrected chi connectivity index (χ2v) is 6.02. The van der Waals surface area contributed by atoms with Crippen LogP contribution in [0.4, 0.5) is 0 Å². The van der Waals surface area contributed by atoms with Crippen molar-refractivity contribution < 1.29 is 24.9 Å². The van der Waals surface area contributed by atoms with Crippen LogP contribution in [0.2, 0.25) is 0 Å². The first-order valence-electron chi connectivity index (χ1n) is 6.30. The van der Waals surface area contributed by atoms with Crippen molar-refractivity contribution in [2.75, 3.05) is 0 Å². The van der Waals surface area contributed by atoms with E-state index in [-0.39, 0.29) is 0 Å². The average Bonchev–Trinajstić information content (AvgIpc) is 2.42. The first-order chi connectivity index (χ1) is 9.49. The van der Waals surface area contributed by atoms with Crippen LogP contribution in [0.1, 0.15) is 12.5 Å². The molecule has 1 aliphatic rings. The van der Waals surface area contributed by atoms with Gasteiger partial charge in [-0.05, 0) is 47.2 Å². The number of hydroxylamine groups is 1. The Hall–Kier alpha value is -0.290. The van der Waals surface area contributed by atoms with Gasteiger partial charge in [0.15, 0.2) is 6.23 Å². The maximum absolute atomic E-state index is 9.79. The number of benzene rings is 1. The average molecular weight is 395 g/mol. The van der Waals surface area contributed by atoms with Gasteiger partial charge in [-0.3, -0.25) is 4.84 Å². The minimum absolute atomic E-state index is 0.302. The van der Waals surface area contributed by atoms with Crippen LogP contribution in [0.5, 0.6) is 0 Å². The summed E-state index contributed by atoms with van der Waals surface area (Å²) in [5, 5.41) is 29.0. The summed E-state index contributed by atoms with van der Waals surface area (Å²) in [7, 11) is 0. The van der Waals surface area contributed by atoms with Crippen molar-refractivity contribution in [3.63, 3.8) is 0 Å². The van der Waals surface area contributed by atoms with E-state index < -0.39 is 30.6 Å². The third kappa shape index (κ3) is 3.88. The van der Waals surface area contributed by atoms with E-state index in [1.807, 2.05) is 24.3 Å². The van der Waals surface area contributed by atoms with Gasteiger partial charge in [0.2, 0.25) is 0 Å². The molecule has 1 aromatic rings. The highest BCUT2D eigenvalue weighted by atomic mass is 127. The van der Waals surface area contributed by atoms with Gasteiger partial charge in [-0.25, -0.2) is 0 Å². The zero-order chi connectivity index (χ0) is 14.7. The first-order valence-corrected chi connectivity index (χ1v) is 7.38. The Morgan fingerprint density at radius 3 is 2.70 bits per heavy atom. The van der Waals surface area contributed by atoms with Gasteiger partial charge in [0.1, 0.15) is 18.3 Å². The lowest BCUT2D eigenvalue weighted by Gasteiger charge is -2.39. The van der Waals surface area contributed by atoms with Gasteiger partial charge >= 0.3 is 0 Å². The third-order valence-corrected chi connectivity index (χ3v) is 3.85. The van der Waals surface area contributed by atoms with Crippen molar-refractivity contribution in [2.24, 2.45) is 0 Å². The fourth-order valence-electron chi connectivity index (χ4n) is 1.98. The normalized spacial score (nSPS) is 34.1. The molecule has 0 saturated carbocycles. The molecule has 0 bridgehead atoms. The zero-order valence-corrected chi connectivity index (χ0v) is 13.1. The Morgan fingerprint density at radius 1 is 1.25 bits per heavy atom. The molecule has 0 spiro atoms. The molecule has 0 radical (unpaired) electrons. The van der Waals surface area contributed by atoms with Gasteiger partial charge in [-0.2, -0.15) is 5.48 Å². The van der Waals surface area contributed by atoms with Crippen LogP contribution in [0.25, 0.3) is 0 Å². The summed E-state index contributed by atoms with van der Waals surface area (Å²) in [5.74, 6) is 0. The fraction of sp³-hybridized carbons (Fsp3) is 0.538. The van der Waals surface area contributed by atoms with E-state index in [2.05, 4.69) is 28.1 Å². The fourth-order valence-corrected chi connectivity index (χ4v) is 2.59. The maximum Gasteiger partial charge on any atom is 0.159 e. The van der Waals surface area contributed by atoms with Crippen molar-refractivity contribution in [3.05, 3.63) is 33.4 Å². The molecule has 1 saturated heterocycles. The summed E-state index contributed by atoms with van der Waals surface area (Å²) in [6.45, 7) is 1.92. The highest BCUT2D eigenvalue weighted by Gasteiger charge is 2.41. The number of aliphatic hydroxyl groups excluding tert-OH is 3. The lowest BCUT2D eigenvalue weighted by Crippen LogP contribution is -2.60. The van der Waals surface area contributed by atoms with Crippen LogP contribution in [0.15, 0.2) is 24.3 Å². The molecule has 1 aliphatic heterocycles. The molecule has 7 heteroatoms. The first kappa shape index (κ1) is 16.1. The van der Waals surface area contributed by atoms with Gasteiger partial charge in [-0.1, -0.05) is 12.1 Å². The predicted molar refractivity (Wildman–Crippen MR) is 79.4 cm³/mol. The van der Waals surface area contributed by atoms with Gasteiger partial charge in [0.25, 0.3) is 0 Å². The summed E-state index contributed by atoms with van der Waals surface area (Å²) in [6.07, 6.45) is -5.10.